The minimum Gasteiger partial charge on any atom is -0.468 e. The number of nitrogens with two attached hydrogens (primary N) is 1. The van der Waals surface area contributed by atoms with Crippen molar-refractivity contribution < 1.29 is 62.9 Å². The third kappa shape index (κ3) is 23.1. The zero-order chi connectivity index (χ0) is 61.7. The van der Waals surface area contributed by atoms with E-state index in [-0.39, 0.29) is 42.9 Å². The molecule has 0 aliphatic carbocycles. The van der Waals surface area contributed by atoms with Crippen LogP contribution in [0.1, 0.15) is 136 Å². The van der Waals surface area contributed by atoms with Gasteiger partial charge >= 0.3 is 5.97 Å². The second-order valence-corrected chi connectivity index (χ2v) is 23.4. The Morgan fingerprint density at radius 2 is 0.975 bits per heavy atom. The number of carbonyl (C=O) groups excluding carboxylic acids is 10. The molecule has 0 aliphatic rings. The lowest BCUT2D eigenvalue weighted by Crippen LogP contribution is -2.64. The molecule has 79 heavy (non-hydrogen) atoms. The van der Waals surface area contributed by atoms with E-state index < -0.39 is 144 Å². The molecule has 0 radical (unpaired) electrons. The summed E-state index contributed by atoms with van der Waals surface area (Å²) in [5.74, 6) is -8.48. The van der Waals surface area contributed by atoms with Crippen LogP contribution >= 0.6 is 0 Å². The van der Waals surface area contributed by atoms with Gasteiger partial charge in [0.25, 0.3) is 0 Å². The molecular formula is C56H102N10O13. The number of allylic oxidation sites excluding steroid dienone is 2. The van der Waals surface area contributed by atoms with Crippen LogP contribution in [0.5, 0.6) is 0 Å². The summed E-state index contributed by atoms with van der Waals surface area (Å²) < 4.78 is 4.65. The van der Waals surface area contributed by atoms with Crippen molar-refractivity contribution >= 4 is 59.1 Å². The molecule has 0 aromatic carbocycles. The quantitative estimate of drug-likeness (QED) is 0.0361. The molecule has 0 aromatic heterocycles. The molecule has 0 aliphatic heterocycles. The number of carbonyl (C=O) groups is 10. The van der Waals surface area contributed by atoms with E-state index in [1.807, 2.05) is 55.4 Å². The standard InChI is InChI=1S/C56H102N10O13/c1-22-23-24-35(12)47(69)46(51(73)61-44(38(15)67)55(77)62(16)29-43(68)79-21)66(20)56(78)45(34(10)11)65(19)54(76)40(26-31(4)5)60-50(72)42(28-33(8)9)63(17)52(74)37(14)59-48(70)36(13)58-49(71)41(27-32(6)7)64(18)53(75)39(57)25-30(2)3/h22-23,30-42,44-47,67,69H,24-29,57H2,1-21H3,(H,58,71)(H,59,70)(H,60,72)(H,61,73)/b23-22+/t35-,36+,37-,38-,39+,40+,41+,42+,44+,45+,46+,47-/m1/s1. The molecule has 0 unspecified atom stereocenters. The Kier molecular flexibility index (Phi) is 32.0. The van der Waals surface area contributed by atoms with Crippen LogP contribution in [0.3, 0.4) is 0 Å². The maximum atomic E-state index is 14.9. The van der Waals surface area contributed by atoms with Crippen molar-refractivity contribution in [2.24, 2.45) is 41.2 Å². The van der Waals surface area contributed by atoms with Crippen LogP contribution in [0.4, 0.5) is 0 Å². The number of nitrogens with zero attached hydrogens (tertiary/aromatic N) is 5. The molecule has 23 nitrogen and oxygen atoms in total. The minimum atomic E-state index is -1.67. The SMILES string of the molecule is C/C=C/C[C@@H](C)[C@@H](O)[C@@H](C(=O)N[C@H](C(=O)N(C)CC(=O)OC)[C@@H](C)O)N(C)C(=O)[C@H](C(C)C)N(C)C(=O)[C@H](CC(C)C)NC(=O)[C@H](CC(C)C)N(C)C(=O)[C@@H](C)NC(=O)[C@H](C)NC(=O)[C@H](CC(C)C)N(C)C(=O)[C@@H](N)CC(C)C. The predicted molar refractivity (Wildman–Crippen MR) is 302 cm³/mol. The summed E-state index contributed by atoms with van der Waals surface area (Å²) in [7, 11) is 7.99. The first-order chi connectivity index (χ1) is 36.4. The molecule has 0 spiro atoms. The Balaban J connectivity index is 6.88. The van der Waals surface area contributed by atoms with Crippen molar-refractivity contribution in [3.63, 3.8) is 0 Å². The molecule has 0 rings (SSSR count). The van der Waals surface area contributed by atoms with Gasteiger partial charge in [-0.15, -0.1) is 0 Å². The van der Waals surface area contributed by atoms with Gasteiger partial charge in [0.05, 0.1) is 25.4 Å². The van der Waals surface area contributed by atoms with Gasteiger partial charge in [0.15, 0.2) is 0 Å². The minimum absolute atomic E-state index is 0.00501. The predicted octanol–water partition coefficient (Wildman–Crippen LogP) is 1.42. The maximum absolute atomic E-state index is 14.9. The number of likely N-dealkylation sites (N-methyl/N-ethyl adjacent to an activating group) is 5. The number of esters is 1. The fraction of sp³-hybridized carbons (Fsp3) is 0.786. The summed E-state index contributed by atoms with van der Waals surface area (Å²) in [6, 6.07) is -11.0. The molecule has 0 saturated carbocycles. The lowest BCUT2D eigenvalue weighted by atomic mass is 9.91. The van der Waals surface area contributed by atoms with Gasteiger partial charge in [-0.2, -0.15) is 0 Å². The largest absolute Gasteiger partial charge is 0.468 e. The van der Waals surface area contributed by atoms with Crippen LogP contribution < -0.4 is 27.0 Å². The van der Waals surface area contributed by atoms with E-state index in [0.717, 1.165) is 16.9 Å². The molecule has 12 atom stereocenters. The van der Waals surface area contributed by atoms with Crippen molar-refractivity contribution in [1.29, 1.82) is 0 Å². The zero-order valence-corrected chi connectivity index (χ0v) is 51.4. The zero-order valence-electron chi connectivity index (χ0n) is 51.4. The normalized spacial score (nSPS) is 16.3. The highest BCUT2D eigenvalue weighted by Gasteiger charge is 2.44. The van der Waals surface area contributed by atoms with Gasteiger partial charge in [-0.25, -0.2) is 0 Å². The Morgan fingerprint density at radius 3 is 1.42 bits per heavy atom. The van der Waals surface area contributed by atoms with E-state index in [0.29, 0.717) is 12.8 Å². The smallest absolute Gasteiger partial charge is 0.325 e. The third-order valence-corrected chi connectivity index (χ3v) is 13.8. The van der Waals surface area contributed by atoms with E-state index in [1.165, 1.54) is 70.7 Å². The summed E-state index contributed by atoms with van der Waals surface area (Å²) in [4.78, 5) is 144. The monoisotopic (exact) mass is 1120 g/mol. The molecule has 8 N–H and O–H groups in total. The number of hydrogen-bond acceptors (Lipinski definition) is 14. The second kappa shape index (κ2) is 34.5. The summed E-state index contributed by atoms with van der Waals surface area (Å²) in [5.41, 5.74) is 6.18. The highest BCUT2D eigenvalue weighted by molar-refractivity contribution is 5.98. The van der Waals surface area contributed by atoms with E-state index in [9.17, 15) is 58.2 Å². The Bertz CT molecular complexity index is 2070. The number of nitrogens with one attached hydrogen (secondary N) is 4. The third-order valence-electron chi connectivity index (χ3n) is 13.8. The van der Waals surface area contributed by atoms with E-state index in [4.69, 9.17) is 5.73 Å². The van der Waals surface area contributed by atoms with Crippen molar-refractivity contribution in [2.45, 2.75) is 203 Å². The second-order valence-electron chi connectivity index (χ2n) is 23.4. The summed E-state index contributed by atoms with van der Waals surface area (Å²) in [6.07, 6.45) is 1.74. The molecule has 0 bridgehead atoms. The van der Waals surface area contributed by atoms with Gasteiger partial charge in [-0.05, 0) is 95.3 Å². The molecule has 0 fully saturated rings. The van der Waals surface area contributed by atoms with Crippen LogP contribution in [-0.2, 0) is 52.7 Å². The number of methoxy groups -OCH3 is 1. The first-order valence-corrected chi connectivity index (χ1v) is 27.7. The average molecular weight is 1120 g/mol. The lowest BCUT2D eigenvalue weighted by Gasteiger charge is -2.40. The Morgan fingerprint density at radius 1 is 0.519 bits per heavy atom. The number of ether oxygens (including phenoxy) is 1. The van der Waals surface area contributed by atoms with E-state index in [1.54, 1.807) is 39.8 Å². The van der Waals surface area contributed by atoms with Crippen molar-refractivity contribution in [3.05, 3.63) is 12.2 Å². The Hall–Kier alpha value is -5.68. The number of amides is 9. The van der Waals surface area contributed by atoms with Gasteiger partial charge in [0.2, 0.25) is 53.2 Å². The fourth-order valence-electron chi connectivity index (χ4n) is 9.18. The molecule has 0 saturated heterocycles. The van der Waals surface area contributed by atoms with Crippen LogP contribution in [0.15, 0.2) is 12.2 Å². The molecule has 0 heterocycles. The van der Waals surface area contributed by atoms with Crippen LogP contribution in [-0.4, -0.2) is 209 Å². The molecule has 0 aromatic rings. The van der Waals surface area contributed by atoms with Gasteiger partial charge < -0.3 is 66.5 Å². The highest BCUT2D eigenvalue weighted by Crippen LogP contribution is 2.23. The van der Waals surface area contributed by atoms with Crippen molar-refractivity contribution in [2.75, 3.05) is 48.9 Å². The van der Waals surface area contributed by atoms with Gasteiger partial charge in [0.1, 0.15) is 54.9 Å². The summed E-state index contributed by atoms with van der Waals surface area (Å²) >= 11 is 0. The highest BCUT2D eigenvalue weighted by atomic mass is 16.5. The molecule has 9 amide bonds. The van der Waals surface area contributed by atoms with E-state index >= 15 is 0 Å². The average Bonchev–Trinajstić information content (AvgIpc) is 3.35. The van der Waals surface area contributed by atoms with Gasteiger partial charge in [-0.1, -0.05) is 88.3 Å². The molecule has 23 heteroatoms. The van der Waals surface area contributed by atoms with Crippen molar-refractivity contribution in [1.82, 2.24) is 45.8 Å². The topological polar surface area (TPSA) is 311 Å². The fourth-order valence-corrected chi connectivity index (χ4v) is 9.18. The maximum Gasteiger partial charge on any atom is 0.325 e. The van der Waals surface area contributed by atoms with Crippen molar-refractivity contribution in [3.8, 4) is 0 Å². The first-order valence-electron chi connectivity index (χ1n) is 27.7. The molecule has 454 valence electrons. The number of aliphatic hydroxyl groups is 2. The number of rotatable bonds is 33. The van der Waals surface area contributed by atoms with Crippen LogP contribution in [0.25, 0.3) is 0 Å². The van der Waals surface area contributed by atoms with Crippen LogP contribution in [0.2, 0.25) is 0 Å². The summed E-state index contributed by atoms with van der Waals surface area (Å²) in [5, 5.41) is 33.2. The van der Waals surface area contributed by atoms with E-state index in [2.05, 4.69) is 26.0 Å². The lowest BCUT2D eigenvalue weighted by molar-refractivity contribution is -0.155. The number of hydrogen-bond donors (Lipinski definition) is 7. The first kappa shape index (κ1) is 73.3. The Labute approximate surface area is 471 Å². The van der Waals surface area contributed by atoms with Gasteiger partial charge in [0, 0.05) is 35.2 Å². The summed E-state index contributed by atoms with van der Waals surface area (Å²) in [6.45, 7) is 25.5. The molecular weight excluding hydrogens is 1020 g/mol. The number of aliphatic hydroxyl groups excluding tert-OH is 2. The van der Waals surface area contributed by atoms with Crippen LogP contribution in [0, 0.1) is 35.5 Å². The van der Waals surface area contributed by atoms with Gasteiger partial charge in [-0.3, -0.25) is 47.9 Å².